The fourth-order valence-corrected chi connectivity index (χ4v) is 1.92. The van der Waals surface area contributed by atoms with Gasteiger partial charge in [0.25, 0.3) is 0 Å². The number of aromatic nitrogens is 5. The highest BCUT2D eigenvalue weighted by molar-refractivity contribution is 5.38. The number of rotatable bonds is 2. The summed E-state index contributed by atoms with van der Waals surface area (Å²) in [5.41, 5.74) is 5.71. The lowest BCUT2D eigenvalue weighted by Crippen LogP contribution is -2.22. The first-order valence-electron chi connectivity index (χ1n) is 5.58. The quantitative estimate of drug-likeness (QED) is 0.796. The van der Waals surface area contributed by atoms with E-state index in [0.29, 0.717) is 11.9 Å². The van der Waals surface area contributed by atoms with Gasteiger partial charge >= 0.3 is 0 Å². The van der Waals surface area contributed by atoms with E-state index >= 15 is 0 Å². The van der Waals surface area contributed by atoms with Gasteiger partial charge in [-0.25, -0.2) is 4.98 Å². The summed E-state index contributed by atoms with van der Waals surface area (Å²) in [6.45, 7) is 1.96. The van der Waals surface area contributed by atoms with Gasteiger partial charge in [-0.15, -0.1) is 0 Å². The zero-order valence-corrected chi connectivity index (χ0v) is 9.32. The molecule has 1 aliphatic rings. The Labute approximate surface area is 98.3 Å². The van der Waals surface area contributed by atoms with Gasteiger partial charge in [-0.2, -0.15) is 15.0 Å². The Kier molecular flexibility index (Phi) is 2.36. The van der Waals surface area contributed by atoms with E-state index in [9.17, 15) is 0 Å². The Balaban J connectivity index is 2.00. The number of hydrogen-bond donors (Lipinski definition) is 1. The molecule has 0 atom stereocenters. The van der Waals surface area contributed by atoms with E-state index in [-0.39, 0.29) is 5.95 Å². The summed E-state index contributed by atoms with van der Waals surface area (Å²) in [6, 6.07) is 0. The molecule has 1 aliphatic heterocycles. The first-order chi connectivity index (χ1) is 8.33. The van der Waals surface area contributed by atoms with Gasteiger partial charge in [-0.05, 0) is 12.8 Å². The summed E-state index contributed by atoms with van der Waals surface area (Å²) in [4.78, 5) is 18.8. The van der Waals surface area contributed by atoms with Gasteiger partial charge in [-0.1, -0.05) is 0 Å². The average molecular weight is 231 g/mol. The molecule has 0 radical (unpaired) electrons. The molecule has 2 N–H and O–H groups in total. The molecule has 1 fully saturated rings. The van der Waals surface area contributed by atoms with E-state index in [2.05, 4.69) is 24.8 Å². The Morgan fingerprint density at radius 3 is 2.53 bits per heavy atom. The molecule has 2 aromatic heterocycles. The number of hydrogen-bond acceptors (Lipinski definition) is 6. The smallest absolute Gasteiger partial charge is 0.241 e. The molecule has 17 heavy (non-hydrogen) atoms. The molecule has 0 saturated carbocycles. The van der Waals surface area contributed by atoms with Gasteiger partial charge in [0.1, 0.15) is 6.33 Å². The molecular formula is C10H13N7. The highest BCUT2D eigenvalue weighted by Gasteiger charge is 2.17. The summed E-state index contributed by atoms with van der Waals surface area (Å²) in [6.07, 6.45) is 7.44. The molecule has 0 aliphatic carbocycles. The minimum absolute atomic E-state index is 0.241. The molecule has 3 rings (SSSR count). The second-order valence-electron chi connectivity index (χ2n) is 3.96. The highest BCUT2D eigenvalue weighted by Crippen LogP contribution is 2.17. The van der Waals surface area contributed by atoms with Crippen molar-refractivity contribution in [2.75, 3.05) is 23.7 Å². The fourth-order valence-electron chi connectivity index (χ4n) is 1.92. The molecular weight excluding hydrogens is 218 g/mol. The monoisotopic (exact) mass is 231 g/mol. The normalized spacial score (nSPS) is 15.4. The lowest BCUT2D eigenvalue weighted by atomic mass is 10.4. The van der Waals surface area contributed by atoms with Crippen molar-refractivity contribution in [3.63, 3.8) is 0 Å². The molecule has 2 aromatic rings. The summed E-state index contributed by atoms with van der Waals surface area (Å²) < 4.78 is 1.72. The lowest BCUT2D eigenvalue weighted by molar-refractivity contribution is 0.843. The Morgan fingerprint density at radius 2 is 1.82 bits per heavy atom. The van der Waals surface area contributed by atoms with Crippen LogP contribution in [0.4, 0.5) is 11.9 Å². The maximum absolute atomic E-state index is 5.71. The SMILES string of the molecule is Nc1nc(N2CCCC2)nc(-n2ccnc2)n1. The van der Waals surface area contributed by atoms with Crippen molar-refractivity contribution in [3.8, 4) is 5.95 Å². The van der Waals surface area contributed by atoms with Crippen molar-refractivity contribution in [1.82, 2.24) is 24.5 Å². The van der Waals surface area contributed by atoms with Crippen LogP contribution in [0.5, 0.6) is 0 Å². The van der Waals surface area contributed by atoms with Crippen LogP contribution in [0.15, 0.2) is 18.7 Å². The third-order valence-electron chi connectivity index (χ3n) is 2.75. The van der Waals surface area contributed by atoms with Gasteiger partial charge in [0.2, 0.25) is 17.8 Å². The Bertz CT molecular complexity index is 501. The van der Waals surface area contributed by atoms with Gasteiger partial charge in [0.05, 0.1) is 0 Å². The fraction of sp³-hybridized carbons (Fsp3) is 0.400. The standard InChI is InChI=1S/C10H13N7/c11-8-13-9(16-4-1-2-5-16)15-10(14-8)17-6-3-12-7-17/h3,6-7H,1-2,4-5H2,(H2,11,13,14,15). The van der Waals surface area contributed by atoms with E-state index < -0.39 is 0 Å². The first kappa shape index (κ1) is 10.0. The van der Waals surface area contributed by atoms with E-state index in [1.807, 2.05) is 0 Å². The zero-order valence-electron chi connectivity index (χ0n) is 9.32. The van der Waals surface area contributed by atoms with Crippen LogP contribution in [-0.4, -0.2) is 37.6 Å². The van der Waals surface area contributed by atoms with Gasteiger partial charge in [0.15, 0.2) is 0 Å². The van der Waals surface area contributed by atoms with Crippen molar-refractivity contribution in [2.45, 2.75) is 12.8 Å². The number of imidazole rings is 1. The third kappa shape index (κ3) is 1.91. The molecule has 0 bridgehead atoms. The highest BCUT2D eigenvalue weighted by atomic mass is 15.3. The molecule has 7 heteroatoms. The van der Waals surface area contributed by atoms with E-state index in [0.717, 1.165) is 13.1 Å². The van der Waals surface area contributed by atoms with Gasteiger partial charge < -0.3 is 10.6 Å². The van der Waals surface area contributed by atoms with Crippen molar-refractivity contribution in [3.05, 3.63) is 18.7 Å². The summed E-state index contributed by atoms with van der Waals surface area (Å²) in [5.74, 6) is 1.40. The van der Waals surface area contributed by atoms with Crippen LogP contribution in [-0.2, 0) is 0 Å². The molecule has 0 aromatic carbocycles. The van der Waals surface area contributed by atoms with Crippen molar-refractivity contribution in [2.24, 2.45) is 0 Å². The molecule has 0 amide bonds. The van der Waals surface area contributed by atoms with E-state index in [4.69, 9.17) is 5.73 Å². The van der Waals surface area contributed by atoms with Gasteiger partial charge in [0, 0.05) is 25.5 Å². The molecule has 0 unspecified atom stereocenters. The van der Waals surface area contributed by atoms with Crippen molar-refractivity contribution >= 4 is 11.9 Å². The van der Waals surface area contributed by atoms with E-state index in [1.165, 1.54) is 12.8 Å². The van der Waals surface area contributed by atoms with Crippen LogP contribution >= 0.6 is 0 Å². The second kappa shape index (κ2) is 4.00. The topological polar surface area (TPSA) is 85.8 Å². The van der Waals surface area contributed by atoms with Crippen LogP contribution in [0.2, 0.25) is 0 Å². The van der Waals surface area contributed by atoms with Crippen LogP contribution < -0.4 is 10.6 Å². The van der Waals surface area contributed by atoms with Gasteiger partial charge in [-0.3, -0.25) is 4.57 Å². The van der Waals surface area contributed by atoms with Crippen LogP contribution in [0.25, 0.3) is 5.95 Å². The maximum Gasteiger partial charge on any atom is 0.241 e. The predicted octanol–water partition coefficient (Wildman–Crippen LogP) is 0.240. The van der Waals surface area contributed by atoms with Crippen molar-refractivity contribution < 1.29 is 0 Å². The van der Waals surface area contributed by atoms with E-state index in [1.54, 1.807) is 23.3 Å². The zero-order chi connectivity index (χ0) is 11.7. The summed E-state index contributed by atoms with van der Waals surface area (Å²) in [7, 11) is 0. The number of anilines is 2. The minimum atomic E-state index is 0.241. The summed E-state index contributed by atoms with van der Waals surface area (Å²) in [5, 5.41) is 0. The van der Waals surface area contributed by atoms with Crippen LogP contribution in [0.3, 0.4) is 0 Å². The minimum Gasteiger partial charge on any atom is -0.368 e. The Morgan fingerprint density at radius 1 is 1.06 bits per heavy atom. The molecule has 3 heterocycles. The number of nitrogen functional groups attached to an aromatic ring is 1. The second-order valence-corrected chi connectivity index (χ2v) is 3.96. The number of nitrogens with zero attached hydrogens (tertiary/aromatic N) is 6. The molecule has 1 saturated heterocycles. The average Bonchev–Trinajstić information content (AvgIpc) is 3.02. The van der Waals surface area contributed by atoms with Crippen LogP contribution in [0.1, 0.15) is 12.8 Å². The Hall–Kier alpha value is -2.18. The summed E-state index contributed by atoms with van der Waals surface area (Å²) >= 11 is 0. The molecule has 7 nitrogen and oxygen atoms in total. The number of nitrogens with two attached hydrogens (primary N) is 1. The van der Waals surface area contributed by atoms with Crippen molar-refractivity contribution in [1.29, 1.82) is 0 Å². The lowest BCUT2D eigenvalue weighted by Gasteiger charge is -2.15. The third-order valence-corrected chi connectivity index (χ3v) is 2.75. The van der Waals surface area contributed by atoms with Crippen LogP contribution in [0, 0.1) is 0 Å². The maximum atomic E-state index is 5.71. The largest absolute Gasteiger partial charge is 0.368 e. The molecule has 0 spiro atoms. The molecule has 88 valence electrons. The first-order valence-corrected chi connectivity index (χ1v) is 5.58. The predicted molar refractivity (Wildman–Crippen MR) is 62.8 cm³/mol.